The average molecular weight is 556 g/mol. The van der Waals surface area contributed by atoms with E-state index >= 15 is 0 Å². The van der Waals surface area contributed by atoms with Gasteiger partial charge >= 0.3 is 0 Å². The molecule has 3 rings (SSSR count). The van der Waals surface area contributed by atoms with Gasteiger partial charge in [-0.25, -0.2) is 8.42 Å². The molecule has 1 aliphatic rings. The molecule has 2 aromatic carbocycles. The quantitative estimate of drug-likeness (QED) is 0.352. The van der Waals surface area contributed by atoms with Crippen LogP contribution in [0.4, 0.5) is 0 Å². The molecule has 0 N–H and O–H groups in total. The van der Waals surface area contributed by atoms with Crippen LogP contribution >= 0.6 is 0 Å². The molecule has 0 bridgehead atoms. The summed E-state index contributed by atoms with van der Waals surface area (Å²) in [5.41, 5.74) is 2.04. The number of benzene rings is 2. The van der Waals surface area contributed by atoms with Crippen LogP contribution in [-0.2, 0) is 26.2 Å². The van der Waals surface area contributed by atoms with Gasteiger partial charge in [0.1, 0.15) is 0 Å². The second kappa shape index (κ2) is 14.6. The molecule has 1 saturated heterocycles. The van der Waals surface area contributed by atoms with E-state index in [0.717, 1.165) is 17.5 Å². The van der Waals surface area contributed by atoms with Crippen molar-refractivity contribution in [3.63, 3.8) is 0 Å². The van der Waals surface area contributed by atoms with Gasteiger partial charge in [0, 0.05) is 32.2 Å². The largest absolute Gasteiger partial charge is 0.342 e. The number of carbonyl (C=O) groups excluding carboxylic acids is 2. The highest BCUT2D eigenvalue weighted by Crippen LogP contribution is 2.26. The molecule has 2 aromatic rings. The zero-order valence-electron chi connectivity index (χ0n) is 24.0. The Hall–Kier alpha value is -2.71. The van der Waals surface area contributed by atoms with Gasteiger partial charge in [-0.15, -0.1) is 0 Å². The van der Waals surface area contributed by atoms with Crippen LogP contribution in [0.25, 0.3) is 0 Å². The van der Waals surface area contributed by atoms with Gasteiger partial charge in [0.25, 0.3) is 0 Å². The fourth-order valence-electron chi connectivity index (χ4n) is 5.37. The molecule has 1 fully saturated rings. The Bertz CT molecular complexity index is 1150. The van der Waals surface area contributed by atoms with Crippen molar-refractivity contribution in [3.05, 3.63) is 71.8 Å². The number of hydrogen-bond acceptors (Lipinski definition) is 4. The van der Waals surface area contributed by atoms with E-state index in [1.165, 1.54) is 4.31 Å². The number of amides is 2. The second-order valence-electron chi connectivity index (χ2n) is 10.9. The van der Waals surface area contributed by atoms with Crippen LogP contribution in [0.2, 0.25) is 0 Å². The summed E-state index contributed by atoms with van der Waals surface area (Å²) in [6.45, 7) is 9.55. The van der Waals surface area contributed by atoms with Crippen LogP contribution in [0.3, 0.4) is 0 Å². The van der Waals surface area contributed by atoms with E-state index in [1.54, 1.807) is 0 Å². The molecule has 39 heavy (non-hydrogen) atoms. The summed E-state index contributed by atoms with van der Waals surface area (Å²) in [7, 11) is -3.53. The molecule has 1 heterocycles. The normalized spacial score (nSPS) is 15.5. The Kier molecular flexibility index (Phi) is 11.5. The first-order chi connectivity index (χ1) is 18.7. The Balaban J connectivity index is 1.76. The van der Waals surface area contributed by atoms with Gasteiger partial charge < -0.3 is 9.80 Å². The van der Waals surface area contributed by atoms with E-state index in [4.69, 9.17) is 0 Å². The molecule has 1 atom stereocenters. The predicted molar refractivity (Wildman–Crippen MR) is 157 cm³/mol. The number of carbonyl (C=O) groups is 2. The standard InChI is InChI=1S/C31H45N3O4S/c1-5-21-39(37,38)33(22-25(3)4)24-30(35)34(23-26-13-9-7-10-14-26)28-17-19-32(20-18-28)31(36)29(6-2)27-15-11-8-12-16-27/h7-16,25,28-29H,5-6,17-24H2,1-4H3. The lowest BCUT2D eigenvalue weighted by Crippen LogP contribution is -2.52. The first-order valence-electron chi connectivity index (χ1n) is 14.3. The van der Waals surface area contributed by atoms with Crippen molar-refractivity contribution in [2.24, 2.45) is 5.92 Å². The van der Waals surface area contributed by atoms with Gasteiger partial charge in [-0.2, -0.15) is 4.31 Å². The summed E-state index contributed by atoms with van der Waals surface area (Å²) < 4.78 is 27.4. The van der Waals surface area contributed by atoms with Crippen molar-refractivity contribution in [1.29, 1.82) is 0 Å². The molecule has 0 aromatic heterocycles. The van der Waals surface area contributed by atoms with Crippen LogP contribution < -0.4 is 0 Å². The Morgan fingerprint density at radius 2 is 1.54 bits per heavy atom. The highest BCUT2D eigenvalue weighted by molar-refractivity contribution is 7.89. The predicted octanol–water partition coefficient (Wildman–Crippen LogP) is 4.90. The van der Waals surface area contributed by atoms with Gasteiger partial charge in [0.15, 0.2) is 0 Å². The monoisotopic (exact) mass is 555 g/mol. The number of hydrogen-bond donors (Lipinski definition) is 0. The molecular weight excluding hydrogens is 510 g/mol. The third-order valence-electron chi connectivity index (χ3n) is 7.38. The average Bonchev–Trinajstić information content (AvgIpc) is 2.92. The number of nitrogens with zero attached hydrogens (tertiary/aromatic N) is 3. The van der Waals surface area contributed by atoms with E-state index in [-0.39, 0.29) is 42.0 Å². The molecule has 8 heteroatoms. The maximum absolute atomic E-state index is 13.8. The zero-order valence-corrected chi connectivity index (χ0v) is 24.8. The highest BCUT2D eigenvalue weighted by atomic mass is 32.2. The molecule has 0 saturated carbocycles. The molecular formula is C31H45N3O4S. The minimum atomic E-state index is -3.53. The molecule has 0 spiro atoms. The van der Waals surface area contributed by atoms with Crippen molar-refractivity contribution in [2.45, 2.75) is 71.9 Å². The van der Waals surface area contributed by atoms with Gasteiger partial charge in [-0.05, 0) is 42.7 Å². The summed E-state index contributed by atoms with van der Waals surface area (Å²) in [6, 6.07) is 19.7. The smallest absolute Gasteiger partial charge is 0.238 e. The van der Waals surface area contributed by atoms with E-state index in [0.29, 0.717) is 45.4 Å². The molecule has 214 valence electrons. The minimum Gasteiger partial charge on any atom is -0.342 e. The van der Waals surface area contributed by atoms with Crippen molar-refractivity contribution >= 4 is 21.8 Å². The van der Waals surface area contributed by atoms with Crippen LogP contribution in [0.15, 0.2) is 60.7 Å². The zero-order chi connectivity index (χ0) is 28.4. The third kappa shape index (κ3) is 8.64. The summed E-state index contributed by atoms with van der Waals surface area (Å²) in [4.78, 5) is 31.0. The van der Waals surface area contributed by atoms with Crippen molar-refractivity contribution < 1.29 is 18.0 Å². The second-order valence-corrected chi connectivity index (χ2v) is 13.0. The van der Waals surface area contributed by atoms with Crippen LogP contribution in [0, 0.1) is 5.92 Å². The van der Waals surface area contributed by atoms with Gasteiger partial charge in [-0.1, -0.05) is 88.4 Å². The van der Waals surface area contributed by atoms with E-state index < -0.39 is 10.0 Å². The van der Waals surface area contributed by atoms with E-state index in [1.807, 2.05) is 98.2 Å². The molecule has 2 amide bonds. The van der Waals surface area contributed by atoms with Gasteiger partial charge in [0.2, 0.25) is 21.8 Å². The fraction of sp³-hybridized carbons (Fsp3) is 0.548. The number of piperidine rings is 1. The summed E-state index contributed by atoms with van der Waals surface area (Å²) >= 11 is 0. The molecule has 1 aliphatic heterocycles. The maximum Gasteiger partial charge on any atom is 0.238 e. The first kappa shape index (κ1) is 30.8. The molecule has 0 radical (unpaired) electrons. The SMILES string of the molecule is CCCS(=O)(=O)N(CC(=O)N(Cc1ccccc1)C1CCN(C(=O)C(CC)c2ccccc2)CC1)CC(C)C. The third-order valence-corrected chi connectivity index (χ3v) is 9.37. The summed E-state index contributed by atoms with van der Waals surface area (Å²) in [6.07, 6.45) is 2.58. The van der Waals surface area contributed by atoms with Crippen LogP contribution in [0.1, 0.15) is 70.4 Å². The summed E-state index contributed by atoms with van der Waals surface area (Å²) in [5, 5.41) is 0. The van der Waals surface area contributed by atoms with Gasteiger partial charge in [0.05, 0.1) is 18.2 Å². The maximum atomic E-state index is 13.8. The minimum absolute atomic E-state index is 0.0339. The molecule has 7 nitrogen and oxygen atoms in total. The molecule has 1 unspecified atom stereocenters. The topological polar surface area (TPSA) is 78.0 Å². The number of rotatable bonds is 13. The Morgan fingerprint density at radius 1 is 0.949 bits per heavy atom. The Morgan fingerprint density at radius 3 is 2.08 bits per heavy atom. The summed E-state index contributed by atoms with van der Waals surface area (Å²) in [5.74, 6) is -0.0706. The highest BCUT2D eigenvalue weighted by Gasteiger charge is 2.34. The lowest BCUT2D eigenvalue weighted by molar-refractivity contribution is -0.138. The van der Waals surface area contributed by atoms with Crippen LogP contribution in [-0.4, -0.2) is 72.3 Å². The fourth-order valence-corrected chi connectivity index (χ4v) is 6.98. The lowest BCUT2D eigenvalue weighted by atomic mass is 9.93. The Labute approximate surface area is 235 Å². The van der Waals surface area contributed by atoms with Crippen molar-refractivity contribution in [1.82, 2.24) is 14.1 Å². The van der Waals surface area contributed by atoms with E-state index in [2.05, 4.69) is 0 Å². The van der Waals surface area contributed by atoms with Crippen molar-refractivity contribution in [3.8, 4) is 0 Å². The van der Waals surface area contributed by atoms with Crippen LogP contribution in [0.5, 0.6) is 0 Å². The first-order valence-corrected chi connectivity index (χ1v) is 15.9. The van der Waals surface area contributed by atoms with Crippen molar-refractivity contribution in [2.75, 3.05) is 31.9 Å². The molecule has 0 aliphatic carbocycles. The number of sulfonamides is 1. The lowest BCUT2D eigenvalue weighted by Gasteiger charge is -2.40. The number of likely N-dealkylation sites (tertiary alicyclic amines) is 1. The van der Waals surface area contributed by atoms with Gasteiger partial charge in [-0.3, -0.25) is 9.59 Å². The van der Waals surface area contributed by atoms with E-state index in [9.17, 15) is 18.0 Å².